The molecule has 0 spiro atoms. The highest BCUT2D eigenvalue weighted by atomic mass is 32.2. The molecule has 3 atom stereocenters. The standard InChI is InChI=1S/C30H35F2N7O3S/c1-18-23-15-35-39(26(23)11-25(36-18)24-14-33-8-6-27(24)42-3)29-10-22(38-16-21(19(38)2)17-43(4,40)41)9-28(37-29)34-13-20-5-7-30(31,32)12-20/h6,8-11,14-15,19-21H,5,7,12-13,16-17H2,1-4H3,(H,34,37)/t19-,20?,21-/m1/s1. The maximum atomic E-state index is 13.9. The molecule has 1 saturated heterocycles. The summed E-state index contributed by atoms with van der Waals surface area (Å²) in [5.41, 5.74) is 3.83. The van der Waals surface area contributed by atoms with Crippen LogP contribution in [-0.4, -0.2) is 77.3 Å². The summed E-state index contributed by atoms with van der Waals surface area (Å²) < 4.78 is 58.9. The number of hydrogen-bond donors (Lipinski definition) is 1. The molecule has 13 heteroatoms. The lowest BCUT2D eigenvalue weighted by molar-refractivity contribution is 0.00555. The second-order valence-electron chi connectivity index (χ2n) is 11.8. The van der Waals surface area contributed by atoms with E-state index in [0.29, 0.717) is 42.6 Å². The average Bonchev–Trinajstić information content (AvgIpc) is 3.55. The van der Waals surface area contributed by atoms with E-state index < -0.39 is 15.8 Å². The van der Waals surface area contributed by atoms with Crippen molar-refractivity contribution in [1.29, 1.82) is 0 Å². The van der Waals surface area contributed by atoms with Gasteiger partial charge in [-0.05, 0) is 38.3 Å². The number of aryl methyl sites for hydroxylation is 1. The first-order chi connectivity index (χ1) is 20.4. The molecule has 1 aliphatic heterocycles. The van der Waals surface area contributed by atoms with E-state index in [1.54, 1.807) is 36.4 Å². The Morgan fingerprint density at radius 3 is 2.70 bits per heavy atom. The molecule has 4 aromatic heterocycles. The molecule has 0 radical (unpaired) electrons. The lowest BCUT2D eigenvalue weighted by atomic mass is 9.91. The predicted octanol–water partition coefficient (Wildman–Crippen LogP) is 4.91. The molecular weight excluding hydrogens is 576 g/mol. The number of fused-ring (bicyclic) bond motifs is 1. The van der Waals surface area contributed by atoms with Gasteiger partial charge >= 0.3 is 0 Å². The van der Waals surface area contributed by atoms with Gasteiger partial charge in [0.2, 0.25) is 5.92 Å². The first kappa shape index (κ1) is 29.2. The van der Waals surface area contributed by atoms with Gasteiger partial charge in [-0.3, -0.25) is 9.97 Å². The van der Waals surface area contributed by atoms with E-state index >= 15 is 0 Å². The third kappa shape index (κ3) is 5.99. The molecule has 1 unspecified atom stereocenters. The van der Waals surface area contributed by atoms with Crippen LogP contribution in [0.4, 0.5) is 20.3 Å². The minimum Gasteiger partial charge on any atom is -0.496 e. The SMILES string of the molecule is COc1ccncc1-c1cc2c(cnn2-c2cc(N3C[C@H](CS(C)(=O)=O)[C@H]3C)cc(NCC3CCC(F)(F)C3)n2)c(C)n1. The van der Waals surface area contributed by atoms with Crippen LogP contribution in [0.3, 0.4) is 0 Å². The van der Waals surface area contributed by atoms with Crippen LogP contribution in [0.25, 0.3) is 28.0 Å². The highest BCUT2D eigenvalue weighted by Crippen LogP contribution is 2.39. The number of anilines is 2. The van der Waals surface area contributed by atoms with Gasteiger partial charge in [-0.15, -0.1) is 0 Å². The van der Waals surface area contributed by atoms with Gasteiger partial charge < -0.3 is 15.0 Å². The first-order valence-corrected chi connectivity index (χ1v) is 16.4. The maximum absolute atomic E-state index is 13.9. The van der Waals surface area contributed by atoms with Crippen LogP contribution in [0.5, 0.6) is 5.75 Å². The van der Waals surface area contributed by atoms with Gasteiger partial charge in [0.05, 0.1) is 35.8 Å². The number of hydrogen-bond acceptors (Lipinski definition) is 9. The summed E-state index contributed by atoms with van der Waals surface area (Å²) in [7, 11) is -1.51. The second-order valence-corrected chi connectivity index (χ2v) is 14.0. The molecule has 0 amide bonds. The van der Waals surface area contributed by atoms with Crippen LogP contribution in [0.1, 0.15) is 31.9 Å². The lowest BCUT2D eigenvalue weighted by Crippen LogP contribution is -2.57. The highest BCUT2D eigenvalue weighted by molar-refractivity contribution is 7.90. The van der Waals surface area contributed by atoms with Crippen LogP contribution in [0.2, 0.25) is 0 Å². The van der Waals surface area contributed by atoms with E-state index in [1.807, 2.05) is 32.0 Å². The van der Waals surface area contributed by atoms with Crippen molar-refractivity contribution in [3.8, 4) is 22.8 Å². The smallest absolute Gasteiger partial charge is 0.248 e. The van der Waals surface area contributed by atoms with Crippen molar-refractivity contribution in [3.05, 3.63) is 48.5 Å². The second kappa shape index (κ2) is 11.0. The van der Waals surface area contributed by atoms with Gasteiger partial charge in [0.25, 0.3) is 0 Å². The summed E-state index contributed by atoms with van der Waals surface area (Å²) in [6.45, 7) is 4.89. The minimum atomic E-state index is -3.11. The summed E-state index contributed by atoms with van der Waals surface area (Å²) in [5, 5.41) is 8.83. The fourth-order valence-electron chi connectivity index (χ4n) is 6.19. The number of methoxy groups -OCH3 is 1. The Labute approximate surface area is 249 Å². The molecular formula is C30H35F2N7O3S. The Hall–Kier alpha value is -3.87. The molecule has 228 valence electrons. The van der Waals surface area contributed by atoms with Gasteiger partial charge in [-0.25, -0.2) is 26.9 Å². The molecule has 6 rings (SSSR count). The van der Waals surface area contributed by atoms with Crippen LogP contribution >= 0.6 is 0 Å². The van der Waals surface area contributed by atoms with E-state index in [1.165, 1.54) is 6.26 Å². The van der Waals surface area contributed by atoms with Crippen molar-refractivity contribution in [1.82, 2.24) is 24.7 Å². The van der Waals surface area contributed by atoms with Gasteiger partial charge in [0.1, 0.15) is 21.4 Å². The zero-order valence-electron chi connectivity index (χ0n) is 24.6. The summed E-state index contributed by atoms with van der Waals surface area (Å²) in [5.74, 6) is -0.900. The normalized spacial score (nSPS) is 21.6. The zero-order valence-corrected chi connectivity index (χ0v) is 25.4. The maximum Gasteiger partial charge on any atom is 0.248 e. The number of halogens is 2. The third-order valence-corrected chi connectivity index (χ3v) is 9.61. The fraction of sp³-hybridized carbons (Fsp3) is 0.467. The van der Waals surface area contributed by atoms with Crippen LogP contribution in [-0.2, 0) is 9.84 Å². The van der Waals surface area contributed by atoms with Crippen LogP contribution in [0.15, 0.2) is 42.9 Å². The Kier molecular flexibility index (Phi) is 7.47. The van der Waals surface area contributed by atoms with Crippen molar-refractivity contribution in [2.45, 2.75) is 45.1 Å². The number of aromatic nitrogens is 5. The molecule has 1 N–H and O–H groups in total. The Bertz CT molecular complexity index is 1780. The highest BCUT2D eigenvalue weighted by Gasteiger charge is 2.40. The molecule has 1 saturated carbocycles. The first-order valence-electron chi connectivity index (χ1n) is 14.3. The van der Waals surface area contributed by atoms with E-state index in [9.17, 15) is 17.2 Å². The third-order valence-electron chi connectivity index (χ3n) is 8.58. The number of nitrogens with one attached hydrogen (secondary N) is 1. The molecule has 10 nitrogen and oxygen atoms in total. The molecule has 5 heterocycles. The number of sulfone groups is 1. The van der Waals surface area contributed by atoms with Crippen molar-refractivity contribution >= 4 is 32.2 Å². The van der Waals surface area contributed by atoms with E-state index in [4.69, 9.17) is 14.7 Å². The minimum absolute atomic E-state index is 0.00296. The van der Waals surface area contributed by atoms with Gasteiger partial charge in [-0.2, -0.15) is 5.10 Å². The molecule has 43 heavy (non-hydrogen) atoms. The molecule has 2 fully saturated rings. The lowest BCUT2D eigenvalue weighted by Gasteiger charge is -2.48. The molecule has 4 aromatic rings. The average molecular weight is 612 g/mol. The van der Waals surface area contributed by atoms with Crippen LogP contribution in [0, 0.1) is 18.8 Å². The molecule has 1 aliphatic carbocycles. The number of ether oxygens (including phenoxy) is 1. The molecule has 2 aliphatic rings. The number of rotatable bonds is 9. The number of alkyl halides is 2. The summed E-state index contributed by atoms with van der Waals surface area (Å²) in [6, 6.07) is 7.52. The van der Waals surface area contributed by atoms with E-state index in [2.05, 4.69) is 20.3 Å². The van der Waals surface area contributed by atoms with Gasteiger partial charge in [0, 0.05) is 85.4 Å². The Balaban J connectivity index is 1.39. The van der Waals surface area contributed by atoms with Crippen molar-refractivity contribution in [3.63, 3.8) is 0 Å². The Morgan fingerprint density at radius 1 is 1.19 bits per heavy atom. The number of pyridine rings is 3. The van der Waals surface area contributed by atoms with Crippen molar-refractivity contribution < 1.29 is 21.9 Å². The van der Waals surface area contributed by atoms with Crippen LogP contribution < -0.4 is 15.0 Å². The molecule has 0 bridgehead atoms. The van der Waals surface area contributed by atoms with Gasteiger partial charge in [0.15, 0.2) is 5.82 Å². The van der Waals surface area contributed by atoms with Crippen molar-refractivity contribution in [2.24, 2.45) is 11.8 Å². The van der Waals surface area contributed by atoms with Gasteiger partial charge in [-0.1, -0.05) is 0 Å². The van der Waals surface area contributed by atoms with E-state index in [0.717, 1.165) is 27.8 Å². The quantitative estimate of drug-likeness (QED) is 0.282. The summed E-state index contributed by atoms with van der Waals surface area (Å²) in [6.07, 6.45) is 6.60. The largest absolute Gasteiger partial charge is 0.496 e. The zero-order chi connectivity index (χ0) is 30.5. The summed E-state index contributed by atoms with van der Waals surface area (Å²) >= 11 is 0. The van der Waals surface area contributed by atoms with E-state index in [-0.39, 0.29) is 36.5 Å². The fourth-order valence-corrected chi connectivity index (χ4v) is 7.35. The number of nitrogens with zero attached hydrogens (tertiary/aromatic N) is 6. The summed E-state index contributed by atoms with van der Waals surface area (Å²) in [4.78, 5) is 16.0. The topological polar surface area (TPSA) is 115 Å². The Morgan fingerprint density at radius 2 is 2.00 bits per heavy atom. The molecule has 0 aromatic carbocycles. The van der Waals surface area contributed by atoms with Crippen molar-refractivity contribution in [2.75, 3.05) is 42.4 Å². The monoisotopic (exact) mass is 611 g/mol. The predicted molar refractivity (Wildman–Crippen MR) is 162 cm³/mol.